The molecule has 0 unspecified atom stereocenters. The van der Waals surface area contributed by atoms with E-state index in [1.165, 1.54) is 0 Å². The highest BCUT2D eigenvalue weighted by molar-refractivity contribution is 6.08. The number of hydrogen-bond donors (Lipinski definition) is 0. The van der Waals surface area contributed by atoms with Crippen molar-refractivity contribution in [3.05, 3.63) is 127 Å². The van der Waals surface area contributed by atoms with E-state index < -0.39 is 0 Å². The molecule has 0 fully saturated rings. The van der Waals surface area contributed by atoms with Crippen molar-refractivity contribution in [1.82, 2.24) is 19.5 Å². The van der Waals surface area contributed by atoms with Gasteiger partial charge in [0.2, 0.25) is 11.9 Å². The number of aromatic nitrogens is 4. The predicted octanol–water partition coefficient (Wildman–Crippen LogP) is 9.34. The van der Waals surface area contributed by atoms with Crippen molar-refractivity contribution >= 4 is 50.3 Å². The lowest BCUT2D eigenvalue weighted by Gasteiger charge is -2.25. The number of fused-ring (bicyclic) bond motifs is 11. The number of anilines is 3. The number of rotatable bonds is 1. The van der Waals surface area contributed by atoms with Gasteiger partial charge in [0, 0.05) is 22.1 Å². The van der Waals surface area contributed by atoms with Crippen LogP contribution in [0, 0.1) is 0 Å². The normalized spacial score (nSPS) is 12.8. The summed E-state index contributed by atoms with van der Waals surface area (Å²) < 4.78 is 8.53. The Labute approximate surface area is 246 Å². The Morgan fingerprint density at radius 2 is 1.26 bits per heavy atom. The summed E-state index contributed by atoms with van der Waals surface area (Å²) in [5.41, 5.74) is 8.83. The summed E-state index contributed by atoms with van der Waals surface area (Å²) in [5.74, 6) is 2.85. The number of imidazole rings is 1. The molecule has 10 rings (SSSR count). The van der Waals surface area contributed by atoms with E-state index in [4.69, 9.17) is 19.7 Å². The zero-order chi connectivity index (χ0) is 28.1. The van der Waals surface area contributed by atoms with E-state index in [9.17, 15) is 0 Å². The largest absolute Gasteiger partial charge is 0.456 e. The molecule has 0 bridgehead atoms. The fourth-order valence-electron chi connectivity index (χ4n) is 6.67. The molecule has 6 heteroatoms. The number of para-hydroxylation sites is 3. The molecule has 2 aromatic heterocycles. The monoisotopic (exact) mass is 551 g/mol. The first-order valence-electron chi connectivity index (χ1n) is 14.3. The molecular weight excluding hydrogens is 530 g/mol. The van der Waals surface area contributed by atoms with Crippen molar-refractivity contribution in [2.24, 2.45) is 0 Å². The fraction of sp³-hybridized carbons (Fsp3) is 0. The van der Waals surface area contributed by atoms with Crippen molar-refractivity contribution in [1.29, 1.82) is 0 Å². The van der Waals surface area contributed by atoms with Gasteiger partial charge in [-0.1, -0.05) is 84.9 Å². The van der Waals surface area contributed by atoms with Gasteiger partial charge in [0.1, 0.15) is 11.5 Å². The van der Waals surface area contributed by atoms with Crippen LogP contribution in [0.3, 0.4) is 0 Å². The third-order valence-electron chi connectivity index (χ3n) is 8.55. The Hall–Kier alpha value is -6.01. The molecule has 0 atom stereocenters. The van der Waals surface area contributed by atoms with Gasteiger partial charge in [-0.2, -0.15) is 0 Å². The van der Waals surface area contributed by atoms with Crippen molar-refractivity contribution < 1.29 is 4.74 Å². The minimum absolute atomic E-state index is 0.553. The molecule has 200 valence electrons. The highest BCUT2D eigenvalue weighted by atomic mass is 16.5. The van der Waals surface area contributed by atoms with Crippen molar-refractivity contribution in [3.63, 3.8) is 0 Å². The SMILES string of the molecule is c1ccc2c(c1)Oc1cccc3nc(N4c5ccccc5-c5ccccc5-n5c4nc4c6ccccc6ccc45)nc-2c13. The van der Waals surface area contributed by atoms with E-state index in [1.54, 1.807) is 0 Å². The number of benzene rings is 6. The van der Waals surface area contributed by atoms with Gasteiger partial charge < -0.3 is 4.74 Å². The van der Waals surface area contributed by atoms with Crippen LogP contribution in [-0.2, 0) is 0 Å². The number of ether oxygens (including phenoxy) is 1. The van der Waals surface area contributed by atoms with E-state index in [0.717, 1.165) is 83.9 Å². The lowest BCUT2D eigenvalue weighted by Crippen LogP contribution is -2.17. The number of nitrogens with zero attached hydrogens (tertiary/aromatic N) is 5. The second kappa shape index (κ2) is 8.27. The fourth-order valence-corrected chi connectivity index (χ4v) is 6.67. The van der Waals surface area contributed by atoms with Crippen LogP contribution in [0.2, 0.25) is 0 Å². The van der Waals surface area contributed by atoms with Gasteiger partial charge in [-0.3, -0.25) is 4.57 Å². The Balaban J connectivity index is 1.36. The van der Waals surface area contributed by atoms with Crippen LogP contribution < -0.4 is 9.64 Å². The summed E-state index contributed by atoms with van der Waals surface area (Å²) in [6, 6.07) is 43.8. The average Bonchev–Trinajstić information content (AvgIpc) is 3.39. The molecule has 0 spiro atoms. The van der Waals surface area contributed by atoms with Crippen molar-refractivity contribution in [2.45, 2.75) is 0 Å². The molecule has 0 saturated carbocycles. The summed E-state index contributed by atoms with van der Waals surface area (Å²) in [4.78, 5) is 18.0. The summed E-state index contributed by atoms with van der Waals surface area (Å²) in [5, 5.41) is 3.17. The maximum atomic E-state index is 6.28. The third-order valence-corrected chi connectivity index (χ3v) is 8.55. The molecule has 0 N–H and O–H groups in total. The third kappa shape index (κ3) is 3.04. The average molecular weight is 552 g/mol. The summed E-state index contributed by atoms with van der Waals surface area (Å²) >= 11 is 0. The van der Waals surface area contributed by atoms with Gasteiger partial charge >= 0.3 is 0 Å². The van der Waals surface area contributed by atoms with Gasteiger partial charge in [-0.05, 0) is 47.9 Å². The Morgan fingerprint density at radius 3 is 2.16 bits per heavy atom. The first kappa shape index (κ1) is 22.7. The first-order valence-corrected chi connectivity index (χ1v) is 14.3. The molecule has 6 nitrogen and oxygen atoms in total. The molecule has 0 saturated heterocycles. The van der Waals surface area contributed by atoms with E-state index in [2.05, 4.69) is 100 Å². The van der Waals surface area contributed by atoms with Gasteiger partial charge in [-0.25, -0.2) is 19.9 Å². The molecular formula is C37H21N5O. The predicted molar refractivity (Wildman–Crippen MR) is 171 cm³/mol. The Morgan fingerprint density at radius 1 is 0.535 bits per heavy atom. The first-order chi connectivity index (χ1) is 21.3. The van der Waals surface area contributed by atoms with Crippen LogP contribution in [0.4, 0.5) is 17.6 Å². The summed E-state index contributed by atoms with van der Waals surface area (Å²) in [6.07, 6.45) is 0. The second-order valence-electron chi connectivity index (χ2n) is 10.9. The standard InChI is InChI=1S/C37H21N5O/c1-2-11-23-22(10-1)20-21-30-34(23)40-37-41(30)28-16-6-3-12-24(28)25-13-4-7-17-29(25)42(37)36-38-27-15-9-19-32-33(27)35(39-36)26-14-5-8-18-31(26)43-32/h1-21H. The molecule has 2 aliphatic rings. The van der Waals surface area contributed by atoms with Gasteiger partial charge in [0.15, 0.2) is 0 Å². The Kier molecular flexibility index (Phi) is 4.36. The van der Waals surface area contributed by atoms with Crippen molar-refractivity contribution in [2.75, 3.05) is 4.90 Å². The van der Waals surface area contributed by atoms with Crippen LogP contribution >= 0.6 is 0 Å². The van der Waals surface area contributed by atoms with E-state index in [-0.39, 0.29) is 0 Å². The number of hydrogen-bond acceptors (Lipinski definition) is 5. The highest BCUT2D eigenvalue weighted by Crippen LogP contribution is 2.50. The van der Waals surface area contributed by atoms with Gasteiger partial charge in [-0.15, -0.1) is 0 Å². The molecule has 4 heterocycles. The smallest absolute Gasteiger partial charge is 0.238 e. The molecule has 0 amide bonds. The van der Waals surface area contributed by atoms with E-state index in [0.29, 0.717) is 5.95 Å². The van der Waals surface area contributed by atoms with Crippen LogP contribution in [0.5, 0.6) is 11.5 Å². The van der Waals surface area contributed by atoms with Crippen LogP contribution in [0.1, 0.15) is 0 Å². The molecule has 2 aliphatic heterocycles. The van der Waals surface area contributed by atoms with Crippen LogP contribution in [-0.4, -0.2) is 19.5 Å². The zero-order valence-electron chi connectivity index (χ0n) is 22.8. The maximum Gasteiger partial charge on any atom is 0.238 e. The molecule has 8 aromatic rings. The minimum atomic E-state index is 0.553. The van der Waals surface area contributed by atoms with Crippen LogP contribution in [0.25, 0.3) is 60.8 Å². The lowest BCUT2D eigenvalue weighted by molar-refractivity contribution is 0.486. The topological polar surface area (TPSA) is 56.1 Å². The second-order valence-corrected chi connectivity index (χ2v) is 10.9. The minimum Gasteiger partial charge on any atom is -0.456 e. The van der Waals surface area contributed by atoms with Crippen molar-refractivity contribution in [3.8, 4) is 39.6 Å². The molecule has 0 aliphatic carbocycles. The van der Waals surface area contributed by atoms with E-state index >= 15 is 0 Å². The molecule has 6 aromatic carbocycles. The van der Waals surface area contributed by atoms with Crippen LogP contribution in [0.15, 0.2) is 127 Å². The summed E-state index contributed by atoms with van der Waals surface area (Å²) in [7, 11) is 0. The molecule has 0 radical (unpaired) electrons. The molecule has 43 heavy (non-hydrogen) atoms. The maximum absolute atomic E-state index is 6.28. The quantitative estimate of drug-likeness (QED) is 0.203. The summed E-state index contributed by atoms with van der Waals surface area (Å²) in [6.45, 7) is 0. The van der Waals surface area contributed by atoms with E-state index in [1.807, 2.05) is 36.4 Å². The Bertz CT molecular complexity index is 2460. The lowest BCUT2D eigenvalue weighted by atomic mass is 10.0. The van der Waals surface area contributed by atoms with Gasteiger partial charge in [0.05, 0.1) is 39.0 Å². The zero-order valence-corrected chi connectivity index (χ0v) is 22.8. The van der Waals surface area contributed by atoms with Gasteiger partial charge in [0.25, 0.3) is 0 Å². The highest BCUT2D eigenvalue weighted by Gasteiger charge is 2.32.